The predicted molar refractivity (Wildman–Crippen MR) is 348 cm³/mol. The summed E-state index contributed by atoms with van der Waals surface area (Å²) < 4.78 is 17.0. The van der Waals surface area contributed by atoms with Gasteiger partial charge in [-0.15, -0.1) is 0 Å². The highest BCUT2D eigenvalue weighted by atomic mass is 16.6. The van der Waals surface area contributed by atoms with Crippen molar-refractivity contribution in [2.45, 2.75) is 354 Å². The Hall–Kier alpha value is -3.41. The van der Waals surface area contributed by atoms with E-state index in [0.29, 0.717) is 19.3 Å². The summed E-state index contributed by atoms with van der Waals surface area (Å²) >= 11 is 0. The van der Waals surface area contributed by atoms with Gasteiger partial charge in [0, 0.05) is 19.3 Å². The van der Waals surface area contributed by atoms with Gasteiger partial charge in [-0.05, 0) is 116 Å². The lowest BCUT2D eigenvalue weighted by atomic mass is 10.0. The minimum atomic E-state index is -0.787. The minimum absolute atomic E-state index is 0.0809. The molecule has 0 fully saturated rings. The molecule has 0 rings (SSSR count). The summed E-state index contributed by atoms with van der Waals surface area (Å²) in [6, 6.07) is 0. The molecule has 0 spiro atoms. The summed E-state index contributed by atoms with van der Waals surface area (Å²) in [5, 5.41) is 0. The zero-order chi connectivity index (χ0) is 57.8. The zero-order valence-electron chi connectivity index (χ0n) is 53.1. The van der Waals surface area contributed by atoms with Crippen molar-refractivity contribution in [1.29, 1.82) is 0 Å². The number of allylic oxidation sites excluding steroid dienone is 14. The smallest absolute Gasteiger partial charge is 0.306 e. The Morgan fingerprint density at radius 3 is 0.775 bits per heavy atom. The minimum Gasteiger partial charge on any atom is -0.462 e. The van der Waals surface area contributed by atoms with Crippen molar-refractivity contribution in [3.63, 3.8) is 0 Å². The van der Waals surface area contributed by atoms with Gasteiger partial charge in [-0.1, -0.05) is 298 Å². The van der Waals surface area contributed by atoms with Crippen LogP contribution in [-0.2, 0) is 28.6 Å². The summed E-state index contributed by atoms with van der Waals surface area (Å²) in [5.41, 5.74) is 0. The normalized spacial score (nSPS) is 12.6. The average Bonchev–Trinajstić information content (AvgIpc) is 3.46. The molecule has 1 atom stereocenters. The topological polar surface area (TPSA) is 78.9 Å². The molecule has 462 valence electrons. The number of ether oxygens (including phenoxy) is 3. The fourth-order valence-electron chi connectivity index (χ4n) is 9.93. The van der Waals surface area contributed by atoms with Gasteiger partial charge in [-0.3, -0.25) is 14.4 Å². The van der Waals surface area contributed by atoms with Gasteiger partial charge in [0.05, 0.1) is 0 Å². The second-order valence-electron chi connectivity index (χ2n) is 23.1. The molecule has 0 saturated heterocycles. The quantitative estimate of drug-likeness (QED) is 0.0261. The van der Waals surface area contributed by atoms with Gasteiger partial charge < -0.3 is 14.2 Å². The SMILES string of the molecule is CC/C=C\C/C=C\C/C=C\C/C=C\CCCCCCCCCCC(=O)OC(COC(=O)CCCCCCC/C=C\CCCCCCCCC)COC(=O)CCCCCCCCCCCCCCC/C=C\C/C=C\CCCCCCC. The maximum Gasteiger partial charge on any atom is 0.306 e. The van der Waals surface area contributed by atoms with Crippen molar-refractivity contribution in [3.05, 3.63) is 85.1 Å². The van der Waals surface area contributed by atoms with E-state index in [-0.39, 0.29) is 31.1 Å². The Morgan fingerprint density at radius 1 is 0.263 bits per heavy atom. The van der Waals surface area contributed by atoms with E-state index in [4.69, 9.17) is 14.2 Å². The van der Waals surface area contributed by atoms with Gasteiger partial charge in [0.15, 0.2) is 6.10 Å². The van der Waals surface area contributed by atoms with Crippen molar-refractivity contribution < 1.29 is 28.6 Å². The molecular weight excluding hydrogens is 985 g/mol. The van der Waals surface area contributed by atoms with Crippen LogP contribution in [0.4, 0.5) is 0 Å². The molecule has 0 N–H and O–H groups in total. The van der Waals surface area contributed by atoms with Gasteiger partial charge in [0.2, 0.25) is 0 Å². The van der Waals surface area contributed by atoms with E-state index >= 15 is 0 Å². The lowest BCUT2D eigenvalue weighted by Gasteiger charge is -2.18. The van der Waals surface area contributed by atoms with Crippen LogP contribution in [0, 0.1) is 0 Å². The van der Waals surface area contributed by atoms with Crippen molar-refractivity contribution >= 4 is 17.9 Å². The van der Waals surface area contributed by atoms with E-state index in [9.17, 15) is 14.4 Å². The molecule has 0 radical (unpaired) electrons. The molecule has 0 aliphatic heterocycles. The number of hydrogen-bond acceptors (Lipinski definition) is 6. The maximum absolute atomic E-state index is 13.0. The second kappa shape index (κ2) is 68.1. The van der Waals surface area contributed by atoms with E-state index < -0.39 is 6.10 Å². The summed E-state index contributed by atoms with van der Waals surface area (Å²) in [6.45, 7) is 6.55. The number of carbonyl (C=O) groups excluding carboxylic acids is 3. The van der Waals surface area contributed by atoms with Crippen LogP contribution in [0.3, 0.4) is 0 Å². The van der Waals surface area contributed by atoms with Gasteiger partial charge in [0.25, 0.3) is 0 Å². The molecule has 1 unspecified atom stereocenters. The lowest BCUT2D eigenvalue weighted by Crippen LogP contribution is -2.30. The molecule has 6 heteroatoms. The van der Waals surface area contributed by atoms with Crippen LogP contribution >= 0.6 is 0 Å². The highest BCUT2D eigenvalue weighted by Gasteiger charge is 2.19. The number of unbranched alkanes of at least 4 members (excludes halogenated alkanes) is 38. The highest BCUT2D eigenvalue weighted by Crippen LogP contribution is 2.17. The molecular formula is C74H130O6. The van der Waals surface area contributed by atoms with Crippen molar-refractivity contribution in [2.24, 2.45) is 0 Å². The Bertz CT molecular complexity index is 1520. The first-order valence-corrected chi connectivity index (χ1v) is 34.6. The fraction of sp³-hybridized carbons (Fsp3) is 0.770. The van der Waals surface area contributed by atoms with E-state index in [0.717, 1.165) is 103 Å². The first kappa shape index (κ1) is 76.6. The third-order valence-electron chi connectivity index (χ3n) is 15.1. The molecule has 0 aromatic rings. The number of carbonyl (C=O) groups is 3. The zero-order valence-corrected chi connectivity index (χ0v) is 53.1. The first-order valence-electron chi connectivity index (χ1n) is 34.6. The van der Waals surface area contributed by atoms with Crippen LogP contribution in [-0.4, -0.2) is 37.2 Å². The maximum atomic E-state index is 13.0. The summed E-state index contributed by atoms with van der Waals surface area (Å²) in [6.07, 6.45) is 90.2. The summed E-state index contributed by atoms with van der Waals surface area (Å²) in [4.78, 5) is 38.4. The Labute approximate surface area is 496 Å². The van der Waals surface area contributed by atoms with Gasteiger partial charge >= 0.3 is 17.9 Å². The highest BCUT2D eigenvalue weighted by molar-refractivity contribution is 5.71. The second-order valence-corrected chi connectivity index (χ2v) is 23.1. The number of hydrogen-bond donors (Lipinski definition) is 0. The monoisotopic (exact) mass is 1110 g/mol. The average molecular weight is 1120 g/mol. The Morgan fingerprint density at radius 2 is 0.487 bits per heavy atom. The van der Waals surface area contributed by atoms with Crippen molar-refractivity contribution in [2.75, 3.05) is 13.2 Å². The van der Waals surface area contributed by atoms with Crippen molar-refractivity contribution in [3.8, 4) is 0 Å². The third kappa shape index (κ3) is 65.4. The number of rotatable bonds is 63. The van der Waals surface area contributed by atoms with E-state index in [1.807, 2.05) is 0 Å². The molecule has 80 heavy (non-hydrogen) atoms. The van der Waals surface area contributed by atoms with Crippen LogP contribution in [0.5, 0.6) is 0 Å². The number of esters is 3. The van der Waals surface area contributed by atoms with Gasteiger partial charge in [-0.25, -0.2) is 0 Å². The first-order chi connectivity index (χ1) is 39.5. The van der Waals surface area contributed by atoms with E-state index in [1.54, 1.807) is 0 Å². The van der Waals surface area contributed by atoms with Crippen LogP contribution in [0.1, 0.15) is 348 Å². The fourth-order valence-corrected chi connectivity index (χ4v) is 9.93. The largest absolute Gasteiger partial charge is 0.462 e. The lowest BCUT2D eigenvalue weighted by molar-refractivity contribution is -0.167. The molecule has 0 aromatic carbocycles. The van der Waals surface area contributed by atoms with Crippen LogP contribution < -0.4 is 0 Å². The summed E-state index contributed by atoms with van der Waals surface area (Å²) in [7, 11) is 0. The Kier molecular flexibility index (Phi) is 65.2. The molecule has 6 nitrogen and oxygen atoms in total. The predicted octanol–water partition coefficient (Wildman–Crippen LogP) is 23.8. The molecule has 0 aromatic heterocycles. The van der Waals surface area contributed by atoms with E-state index in [1.165, 1.54) is 205 Å². The van der Waals surface area contributed by atoms with Crippen LogP contribution in [0.25, 0.3) is 0 Å². The molecule has 0 amide bonds. The van der Waals surface area contributed by atoms with Crippen LogP contribution in [0.2, 0.25) is 0 Å². The summed E-state index contributed by atoms with van der Waals surface area (Å²) in [5.74, 6) is -0.881. The molecule has 0 bridgehead atoms. The molecule has 0 saturated carbocycles. The van der Waals surface area contributed by atoms with E-state index in [2.05, 4.69) is 106 Å². The molecule has 0 heterocycles. The van der Waals surface area contributed by atoms with Gasteiger partial charge in [0.1, 0.15) is 13.2 Å². The molecule has 0 aliphatic carbocycles. The van der Waals surface area contributed by atoms with Crippen LogP contribution in [0.15, 0.2) is 85.1 Å². The Balaban J connectivity index is 4.35. The van der Waals surface area contributed by atoms with Gasteiger partial charge in [-0.2, -0.15) is 0 Å². The van der Waals surface area contributed by atoms with Crippen molar-refractivity contribution in [1.82, 2.24) is 0 Å². The molecule has 0 aliphatic rings. The standard InChI is InChI=1S/C74H130O6/c1-4-7-10-13-16-19-22-25-28-31-33-35-36-37-38-40-41-43-46-49-52-55-58-61-64-67-73(76)79-70-71(69-78-72(75)66-63-60-57-54-51-48-45-30-27-24-21-18-15-12-9-6-3)80-74(77)68-65-62-59-56-53-50-47-44-42-39-34-32-29-26-23-20-17-14-11-8-5-2/h8,11,17,20,22,25-26,29-31,33-34,39,45,71H,4-7,9-10,12-16,18-19,21,23-24,27-28,32,35-38,40-44,46-70H2,1-3H3/b11-8-,20-17-,25-22-,29-26-,33-31-,39-34-,45-30-. The third-order valence-corrected chi connectivity index (χ3v) is 15.1.